The highest BCUT2D eigenvalue weighted by molar-refractivity contribution is 6.06. The van der Waals surface area contributed by atoms with E-state index in [2.05, 4.69) is 142 Å². The molecule has 0 aliphatic carbocycles. The van der Waals surface area contributed by atoms with Gasteiger partial charge in [0.15, 0.2) is 0 Å². The van der Waals surface area contributed by atoms with Crippen molar-refractivity contribution in [1.29, 1.82) is 0 Å². The van der Waals surface area contributed by atoms with Crippen LogP contribution in [0.4, 0.5) is 5.69 Å². The number of hydrogen-bond acceptors (Lipinski definition) is 4. The summed E-state index contributed by atoms with van der Waals surface area (Å²) in [5, 5.41) is 5.87. The molecule has 3 aromatic carbocycles. The third-order valence-corrected chi connectivity index (χ3v) is 8.42. The Labute approximate surface area is 253 Å². The maximum atomic E-state index is 5.24. The highest BCUT2D eigenvalue weighted by Crippen LogP contribution is 2.37. The first-order valence-electron chi connectivity index (χ1n) is 14.8. The summed E-state index contributed by atoms with van der Waals surface area (Å²) in [6.45, 7) is 0.818. The van der Waals surface area contributed by atoms with Gasteiger partial charge < -0.3 is 5.32 Å². The number of pyridine rings is 3. The number of rotatable bonds is 4. The van der Waals surface area contributed by atoms with E-state index < -0.39 is 0 Å². The Morgan fingerprint density at radius 2 is 1.16 bits per heavy atom. The number of fused-ring (bicyclic) bond motifs is 6. The zero-order valence-electron chi connectivity index (χ0n) is 23.7. The van der Waals surface area contributed by atoms with Crippen LogP contribution in [0, 0.1) is 0 Å². The van der Waals surface area contributed by atoms with E-state index in [0.717, 1.165) is 79.5 Å². The van der Waals surface area contributed by atoms with E-state index in [1.165, 1.54) is 5.39 Å². The normalized spacial score (nSPS) is 12.5. The lowest BCUT2D eigenvalue weighted by Crippen LogP contribution is -2.07. The van der Waals surface area contributed by atoms with Crippen molar-refractivity contribution in [2.75, 3.05) is 11.9 Å². The van der Waals surface area contributed by atoms with E-state index in [-0.39, 0.29) is 0 Å². The van der Waals surface area contributed by atoms with Gasteiger partial charge in [0.05, 0.1) is 44.8 Å². The first-order chi connectivity index (χ1) is 21.8. The molecule has 0 saturated carbocycles. The molecule has 0 spiro atoms. The third-order valence-electron chi connectivity index (χ3n) is 8.42. The van der Waals surface area contributed by atoms with Crippen molar-refractivity contribution < 1.29 is 0 Å². The average Bonchev–Trinajstić information content (AvgIpc) is 3.62. The first kappa shape index (κ1) is 24.6. The van der Waals surface area contributed by atoms with Crippen LogP contribution in [0.25, 0.3) is 73.1 Å². The summed E-state index contributed by atoms with van der Waals surface area (Å²) >= 11 is 0. The number of benzene rings is 3. The van der Waals surface area contributed by atoms with Gasteiger partial charge in [-0.2, -0.15) is 0 Å². The average molecular weight is 567 g/mol. The summed E-state index contributed by atoms with van der Waals surface area (Å²) in [6, 6.07) is 41.8. The van der Waals surface area contributed by atoms with Crippen LogP contribution < -0.4 is 5.32 Å². The van der Waals surface area contributed by atoms with E-state index in [4.69, 9.17) is 15.0 Å². The second kappa shape index (κ2) is 9.78. The van der Waals surface area contributed by atoms with Gasteiger partial charge in [-0.25, -0.2) is 9.97 Å². The molecule has 0 saturated heterocycles. The van der Waals surface area contributed by atoms with Crippen molar-refractivity contribution in [3.05, 3.63) is 139 Å². The Kier molecular flexibility index (Phi) is 5.46. The highest BCUT2D eigenvalue weighted by Gasteiger charge is 2.20. The van der Waals surface area contributed by atoms with Crippen LogP contribution in [0.2, 0.25) is 0 Å². The standard InChI is InChI=1S/C38H26N6/c1-2-12-26(30-16-8-22-36(42-30)44-32-18-6-4-14-28(32)38-34(44)20-10-24-40-38)25(11-1)29-15-7-21-35(41-29)43-31-17-5-3-13-27(31)37-33(43)19-9-23-39-37/h1-23,40H,24H2. The van der Waals surface area contributed by atoms with Gasteiger partial charge in [0.25, 0.3) is 0 Å². The molecule has 1 aliphatic rings. The van der Waals surface area contributed by atoms with E-state index in [1.807, 2.05) is 12.3 Å². The fraction of sp³-hybridized carbons (Fsp3) is 0.0263. The van der Waals surface area contributed by atoms with Gasteiger partial charge in [0, 0.05) is 34.6 Å². The van der Waals surface area contributed by atoms with Crippen LogP contribution in [0.1, 0.15) is 5.69 Å². The number of anilines is 1. The van der Waals surface area contributed by atoms with Gasteiger partial charge in [0.1, 0.15) is 11.6 Å². The lowest BCUT2D eigenvalue weighted by molar-refractivity contribution is 1.03. The Bertz CT molecular complexity index is 2360. The molecule has 1 N–H and O–H groups in total. The largest absolute Gasteiger partial charge is 0.379 e. The molecule has 0 radical (unpaired) electrons. The molecule has 6 nitrogen and oxygen atoms in total. The van der Waals surface area contributed by atoms with Crippen molar-refractivity contribution >= 4 is 44.6 Å². The number of nitrogens with one attached hydrogen (secondary N) is 1. The minimum Gasteiger partial charge on any atom is -0.379 e. The van der Waals surface area contributed by atoms with E-state index >= 15 is 0 Å². The molecule has 1 aliphatic heterocycles. The van der Waals surface area contributed by atoms with Crippen molar-refractivity contribution in [3.63, 3.8) is 0 Å². The molecule has 208 valence electrons. The third kappa shape index (κ3) is 3.71. The van der Waals surface area contributed by atoms with Gasteiger partial charge >= 0.3 is 0 Å². The molecular formula is C38H26N6. The van der Waals surface area contributed by atoms with E-state index in [9.17, 15) is 0 Å². The maximum Gasteiger partial charge on any atom is 0.138 e. The quantitative estimate of drug-likeness (QED) is 0.232. The van der Waals surface area contributed by atoms with Crippen LogP contribution in [0.5, 0.6) is 0 Å². The van der Waals surface area contributed by atoms with Gasteiger partial charge in [-0.3, -0.25) is 14.1 Å². The van der Waals surface area contributed by atoms with Crippen molar-refractivity contribution in [3.8, 4) is 34.2 Å². The fourth-order valence-electron chi connectivity index (χ4n) is 6.54. The fourth-order valence-corrected chi connectivity index (χ4v) is 6.54. The van der Waals surface area contributed by atoms with Crippen LogP contribution in [-0.4, -0.2) is 30.6 Å². The molecule has 44 heavy (non-hydrogen) atoms. The molecule has 6 heterocycles. The minimum atomic E-state index is 0.818. The number of hydrogen-bond donors (Lipinski definition) is 1. The molecule has 0 amide bonds. The summed E-state index contributed by atoms with van der Waals surface area (Å²) in [5.74, 6) is 1.73. The number of nitrogens with zero attached hydrogens (tertiary/aromatic N) is 5. The Balaban J connectivity index is 1.20. The lowest BCUT2D eigenvalue weighted by Gasteiger charge is -2.15. The predicted molar refractivity (Wildman–Crippen MR) is 179 cm³/mol. The van der Waals surface area contributed by atoms with Crippen molar-refractivity contribution in [2.24, 2.45) is 0 Å². The van der Waals surface area contributed by atoms with Crippen LogP contribution in [0.15, 0.2) is 134 Å². The summed E-state index contributed by atoms with van der Waals surface area (Å²) in [5.41, 5.74) is 10.3. The summed E-state index contributed by atoms with van der Waals surface area (Å²) in [7, 11) is 0. The molecule has 0 unspecified atom stereocenters. The highest BCUT2D eigenvalue weighted by atomic mass is 15.1. The van der Waals surface area contributed by atoms with Gasteiger partial charge in [-0.05, 0) is 54.6 Å². The summed E-state index contributed by atoms with van der Waals surface area (Å²) in [4.78, 5) is 15.2. The Morgan fingerprint density at radius 1 is 0.545 bits per heavy atom. The van der Waals surface area contributed by atoms with Gasteiger partial charge in [-0.15, -0.1) is 0 Å². The summed E-state index contributed by atoms with van der Waals surface area (Å²) < 4.78 is 4.44. The van der Waals surface area contributed by atoms with Crippen molar-refractivity contribution in [1.82, 2.24) is 24.1 Å². The molecule has 0 atom stereocenters. The Morgan fingerprint density at radius 3 is 1.91 bits per heavy atom. The summed E-state index contributed by atoms with van der Waals surface area (Å²) in [6.07, 6.45) is 6.19. The zero-order chi connectivity index (χ0) is 29.0. The SMILES string of the molecule is C1=Cc2c(c3ccccc3n2-c2cccc(-c3ccccc3-c3cccc(-n4c5ccccc5c5ncccc54)n3)n2)NC1. The lowest BCUT2D eigenvalue weighted by atomic mass is 10.0. The number of aromatic nitrogens is 5. The number of para-hydroxylation sites is 2. The molecular weight excluding hydrogens is 540 g/mol. The molecule has 9 rings (SSSR count). The minimum absolute atomic E-state index is 0.818. The first-order valence-corrected chi connectivity index (χ1v) is 14.8. The van der Waals surface area contributed by atoms with E-state index in [1.54, 1.807) is 0 Å². The smallest absolute Gasteiger partial charge is 0.138 e. The van der Waals surface area contributed by atoms with Gasteiger partial charge in [-0.1, -0.05) is 78.9 Å². The van der Waals surface area contributed by atoms with Crippen LogP contribution in [0.3, 0.4) is 0 Å². The van der Waals surface area contributed by atoms with E-state index in [0.29, 0.717) is 0 Å². The van der Waals surface area contributed by atoms with Crippen molar-refractivity contribution in [2.45, 2.75) is 0 Å². The van der Waals surface area contributed by atoms with Crippen LogP contribution in [-0.2, 0) is 0 Å². The van der Waals surface area contributed by atoms with Crippen LogP contribution >= 0.6 is 0 Å². The zero-order valence-corrected chi connectivity index (χ0v) is 23.7. The topological polar surface area (TPSA) is 60.6 Å². The maximum absolute atomic E-state index is 5.24. The molecule has 0 bridgehead atoms. The molecule has 6 heteroatoms. The predicted octanol–water partition coefficient (Wildman–Crippen LogP) is 8.69. The van der Waals surface area contributed by atoms with Gasteiger partial charge in [0.2, 0.25) is 0 Å². The second-order valence-electron chi connectivity index (χ2n) is 10.9. The Hall–Kier alpha value is -6.01. The molecule has 0 fully saturated rings. The second-order valence-corrected chi connectivity index (χ2v) is 10.9. The monoisotopic (exact) mass is 566 g/mol. The molecule has 5 aromatic heterocycles. The molecule has 8 aromatic rings.